The molecule has 14 heavy (non-hydrogen) atoms. The molecular formula is C9H12N4S. The zero-order valence-corrected chi connectivity index (χ0v) is 9.06. The van der Waals surface area contributed by atoms with Gasteiger partial charge in [-0.15, -0.1) is 0 Å². The second kappa shape index (κ2) is 3.49. The molecule has 2 aromatic heterocycles. The molecule has 0 aliphatic heterocycles. The van der Waals surface area contributed by atoms with Crippen LogP contribution in [0.15, 0.2) is 6.33 Å². The first-order valence-corrected chi connectivity index (χ1v) is 5.11. The standard InChI is InChI=1S/C9H12N4S/c1-3-6-11-7-8(12-6)13(4-2)5-10-9(7)14/h5H,3-4H2,1-2H3,(H,11,12). The van der Waals surface area contributed by atoms with Crippen molar-refractivity contribution in [3.05, 3.63) is 16.8 Å². The van der Waals surface area contributed by atoms with E-state index in [9.17, 15) is 0 Å². The van der Waals surface area contributed by atoms with Gasteiger partial charge in [-0.3, -0.25) is 0 Å². The number of fused-ring (bicyclic) bond motifs is 1. The third-order valence-corrected chi connectivity index (χ3v) is 2.52. The maximum atomic E-state index is 5.13. The second-order valence-corrected chi connectivity index (χ2v) is 3.46. The molecule has 0 bridgehead atoms. The lowest BCUT2D eigenvalue weighted by atomic mass is 10.5. The highest BCUT2D eigenvalue weighted by Crippen LogP contribution is 2.11. The van der Waals surface area contributed by atoms with E-state index in [2.05, 4.69) is 28.8 Å². The zero-order chi connectivity index (χ0) is 10.1. The Hall–Kier alpha value is -1.23. The molecule has 0 aromatic carbocycles. The molecule has 0 saturated carbocycles. The molecule has 0 radical (unpaired) electrons. The maximum absolute atomic E-state index is 5.13. The molecule has 2 heterocycles. The minimum absolute atomic E-state index is 0.594. The highest BCUT2D eigenvalue weighted by Gasteiger charge is 2.05. The molecular weight excluding hydrogens is 196 g/mol. The van der Waals surface area contributed by atoms with Crippen LogP contribution in [-0.4, -0.2) is 19.5 Å². The Bertz CT molecular complexity index is 511. The Morgan fingerprint density at radius 3 is 2.93 bits per heavy atom. The Labute approximate surface area is 87.0 Å². The van der Waals surface area contributed by atoms with Gasteiger partial charge in [-0.25, -0.2) is 9.97 Å². The number of aromatic amines is 1. The average Bonchev–Trinajstić information content (AvgIpc) is 2.63. The molecule has 5 heteroatoms. The molecule has 0 aliphatic rings. The number of H-pyrrole nitrogens is 1. The van der Waals surface area contributed by atoms with Crippen LogP contribution in [0.2, 0.25) is 0 Å². The summed E-state index contributed by atoms with van der Waals surface area (Å²) >= 11 is 5.13. The van der Waals surface area contributed by atoms with Crippen molar-refractivity contribution in [1.29, 1.82) is 0 Å². The summed E-state index contributed by atoms with van der Waals surface area (Å²) in [6.07, 6.45) is 2.62. The number of rotatable bonds is 2. The molecule has 0 fully saturated rings. The molecule has 2 rings (SSSR count). The largest absolute Gasteiger partial charge is 0.338 e. The van der Waals surface area contributed by atoms with Crippen molar-refractivity contribution in [3.8, 4) is 0 Å². The van der Waals surface area contributed by atoms with Gasteiger partial charge in [-0.2, -0.15) is 0 Å². The lowest BCUT2D eigenvalue weighted by Crippen LogP contribution is -1.99. The first-order chi connectivity index (χ1) is 6.76. The summed E-state index contributed by atoms with van der Waals surface area (Å²) in [7, 11) is 0. The maximum Gasteiger partial charge on any atom is 0.162 e. The fourth-order valence-corrected chi connectivity index (χ4v) is 1.60. The number of nitrogens with zero attached hydrogens (tertiary/aromatic N) is 3. The third-order valence-electron chi connectivity index (χ3n) is 2.21. The number of nitrogens with one attached hydrogen (secondary N) is 1. The van der Waals surface area contributed by atoms with E-state index in [1.165, 1.54) is 0 Å². The lowest BCUT2D eigenvalue weighted by molar-refractivity contribution is 0.757. The molecule has 0 atom stereocenters. The summed E-state index contributed by atoms with van der Waals surface area (Å²) in [4.78, 5) is 11.8. The van der Waals surface area contributed by atoms with Gasteiger partial charge in [0.15, 0.2) is 10.3 Å². The monoisotopic (exact) mass is 208 g/mol. The molecule has 0 unspecified atom stereocenters. The van der Waals surface area contributed by atoms with Crippen molar-refractivity contribution in [2.75, 3.05) is 0 Å². The van der Waals surface area contributed by atoms with Gasteiger partial charge in [0.25, 0.3) is 0 Å². The lowest BCUT2D eigenvalue weighted by Gasteiger charge is -2.00. The van der Waals surface area contributed by atoms with Crippen LogP contribution >= 0.6 is 12.2 Å². The van der Waals surface area contributed by atoms with Crippen LogP contribution in [0.25, 0.3) is 11.2 Å². The number of hydrogen-bond donors (Lipinski definition) is 1. The minimum atomic E-state index is 0.594. The van der Waals surface area contributed by atoms with E-state index in [0.717, 1.165) is 30.0 Å². The molecule has 2 aromatic rings. The summed E-state index contributed by atoms with van der Waals surface area (Å²) in [6.45, 7) is 4.97. The van der Waals surface area contributed by atoms with Crippen LogP contribution in [0.5, 0.6) is 0 Å². The quantitative estimate of drug-likeness (QED) is 0.768. The summed E-state index contributed by atoms with van der Waals surface area (Å²) in [5.74, 6) is 0.960. The molecule has 0 amide bonds. The van der Waals surface area contributed by atoms with Crippen LogP contribution in [0.4, 0.5) is 0 Å². The van der Waals surface area contributed by atoms with E-state index in [4.69, 9.17) is 12.2 Å². The van der Waals surface area contributed by atoms with Crippen LogP contribution < -0.4 is 0 Å². The summed E-state index contributed by atoms with van der Waals surface area (Å²) in [5, 5.41) is 0. The van der Waals surface area contributed by atoms with Crippen molar-refractivity contribution in [2.24, 2.45) is 0 Å². The fraction of sp³-hybridized carbons (Fsp3) is 0.444. The smallest absolute Gasteiger partial charge is 0.162 e. The van der Waals surface area contributed by atoms with Gasteiger partial charge in [-0.1, -0.05) is 19.1 Å². The van der Waals surface area contributed by atoms with Crippen LogP contribution in [0.1, 0.15) is 19.7 Å². The van der Waals surface area contributed by atoms with Crippen LogP contribution in [-0.2, 0) is 13.0 Å². The third kappa shape index (κ3) is 1.33. The molecule has 0 spiro atoms. The first-order valence-electron chi connectivity index (χ1n) is 4.70. The molecule has 1 N–H and O–H groups in total. The average molecular weight is 208 g/mol. The summed E-state index contributed by atoms with van der Waals surface area (Å²) in [6, 6.07) is 0. The van der Waals surface area contributed by atoms with Gasteiger partial charge in [0.1, 0.15) is 11.3 Å². The van der Waals surface area contributed by atoms with Gasteiger partial charge >= 0.3 is 0 Å². The van der Waals surface area contributed by atoms with Gasteiger partial charge in [-0.05, 0) is 6.92 Å². The van der Waals surface area contributed by atoms with Crippen molar-refractivity contribution in [1.82, 2.24) is 19.5 Å². The Kier molecular flexibility index (Phi) is 2.33. The Morgan fingerprint density at radius 2 is 2.29 bits per heavy atom. The zero-order valence-electron chi connectivity index (χ0n) is 8.24. The van der Waals surface area contributed by atoms with E-state index < -0.39 is 0 Å². The highest BCUT2D eigenvalue weighted by atomic mass is 32.1. The summed E-state index contributed by atoms with van der Waals surface area (Å²) in [5.41, 5.74) is 1.78. The SMILES string of the molecule is CCc1nc2c([nH]1)c(=S)ncn2CC. The first kappa shape index (κ1) is 9.33. The predicted molar refractivity (Wildman–Crippen MR) is 57.8 cm³/mol. The predicted octanol–water partition coefficient (Wildman–Crippen LogP) is 2.07. The van der Waals surface area contributed by atoms with Crippen molar-refractivity contribution in [2.45, 2.75) is 26.8 Å². The molecule has 74 valence electrons. The summed E-state index contributed by atoms with van der Waals surface area (Å²) < 4.78 is 2.58. The van der Waals surface area contributed by atoms with Gasteiger partial charge in [0.2, 0.25) is 0 Å². The number of imidazole rings is 1. The normalized spacial score (nSPS) is 11.0. The van der Waals surface area contributed by atoms with E-state index in [1.807, 2.05) is 4.57 Å². The molecule has 0 saturated heterocycles. The molecule has 0 aliphatic carbocycles. The van der Waals surface area contributed by atoms with E-state index in [0.29, 0.717) is 4.64 Å². The fourth-order valence-electron chi connectivity index (χ4n) is 1.41. The Balaban J connectivity index is 2.81. The number of aryl methyl sites for hydroxylation is 2. The second-order valence-electron chi connectivity index (χ2n) is 3.07. The van der Waals surface area contributed by atoms with E-state index >= 15 is 0 Å². The van der Waals surface area contributed by atoms with Crippen LogP contribution in [0, 0.1) is 4.64 Å². The van der Waals surface area contributed by atoms with Crippen molar-refractivity contribution in [3.63, 3.8) is 0 Å². The topological polar surface area (TPSA) is 46.5 Å². The van der Waals surface area contributed by atoms with Gasteiger partial charge < -0.3 is 9.55 Å². The van der Waals surface area contributed by atoms with Crippen molar-refractivity contribution >= 4 is 23.4 Å². The Morgan fingerprint density at radius 1 is 1.50 bits per heavy atom. The highest BCUT2D eigenvalue weighted by molar-refractivity contribution is 7.71. The molecule has 4 nitrogen and oxygen atoms in total. The van der Waals surface area contributed by atoms with Gasteiger partial charge in [0.05, 0.1) is 6.33 Å². The van der Waals surface area contributed by atoms with Crippen LogP contribution in [0.3, 0.4) is 0 Å². The number of hydrogen-bond acceptors (Lipinski definition) is 3. The van der Waals surface area contributed by atoms with E-state index in [-0.39, 0.29) is 0 Å². The van der Waals surface area contributed by atoms with Crippen molar-refractivity contribution < 1.29 is 0 Å². The number of aromatic nitrogens is 4. The van der Waals surface area contributed by atoms with E-state index in [1.54, 1.807) is 6.33 Å². The van der Waals surface area contributed by atoms with Gasteiger partial charge in [0, 0.05) is 13.0 Å². The minimum Gasteiger partial charge on any atom is -0.338 e.